The van der Waals surface area contributed by atoms with Gasteiger partial charge in [0.15, 0.2) is 0 Å². The summed E-state index contributed by atoms with van der Waals surface area (Å²) in [5.74, 6) is 0.953. The number of halogens is 1. The lowest BCUT2D eigenvalue weighted by Crippen LogP contribution is -2.44. The number of amides is 1. The van der Waals surface area contributed by atoms with E-state index in [0.29, 0.717) is 24.7 Å². The topological polar surface area (TPSA) is 64.6 Å². The highest BCUT2D eigenvalue weighted by molar-refractivity contribution is 9.09. The van der Waals surface area contributed by atoms with Crippen molar-refractivity contribution in [1.29, 1.82) is 0 Å². The molecule has 0 aromatic carbocycles. The molecule has 6 nitrogen and oxygen atoms in total. The lowest BCUT2D eigenvalue weighted by molar-refractivity contribution is -0.133. The van der Waals surface area contributed by atoms with Crippen LogP contribution < -0.4 is 9.47 Å². The number of methoxy groups -OCH3 is 1. The molecule has 0 radical (unpaired) electrons. The molecule has 1 fully saturated rings. The molecule has 7 heteroatoms. The fourth-order valence-electron chi connectivity index (χ4n) is 2.33. The maximum atomic E-state index is 12.1. The predicted molar refractivity (Wildman–Crippen MR) is 81.8 cm³/mol. The van der Waals surface area contributed by atoms with Crippen molar-refractivity contribution in [1.82, 2.24) is 14.9 Å². The van der Waals surface area contributed by atoms with E-state index in [0.717, 1.165) is 31.1 Å². The molecule has 0 N–H and O–H groups in total. The van der Waals surface area contributed by atoms with Crippen molar-refractivity contribution < 1.29 is 14.3 Å². The molecule has 0 saturated carbocycles. The van der Waals surface area contributed by atoms with E-state index in [-0.39, 0.29) is 12.0 Å². The van der Waals surface area contributed by atoms with Gasteiger partial charge in [-0.2, -0.15) is 0 Å². The van der Waals surface area contributed by atoms with E-state index in [4.69, 9.17) is 9.47 Å². The first kappa shape index (κ1) is 16.0. The monoisotopic (exact) mass is 357 g/mol. The number of alkyl halides is 1. The molecule has 2 heterocycles. The smallest absolute Gasteiger partial charge is 0.278 e. The highest BCUT2D eigenvalue weighted by Crippen LogP contribution is 2.24. The second kappa shape index (κ2) is 8.17. The van der Waals surface area contributed by atoms with Gasteiger partial charge in [0.2, 0.25) is 5.91 Å². The van der Waals surface area contributed by atoms with E-state index < -0.39 is 0 Å². The zero-order chi connectivity index (χ0) is 15.1. The van der Waals surface area contributed by atoms with Crippen LogP contribution >= 0.6 is 15.9 Å². The third-order valence-corrected chi connectivity index (χ3v) is 3.92. The number of hydrogen-bond donors (Lipinski definition) is 0. The lowest BCUT2D eigenvalue weighted by atomic mass is 10.1. The highest BCUT2D eigenvalue weighted by atomic mass is 79.9. The first-order valence-electron chi connectivity index (χ1n) is 7.10. The van der Waals surface area contributed by atoms with Crippen LogP contribution in [-0.2, 0) is 4.79 Å². The van der Waals surface area contributed by atoms with Gasteiger partial charge in [-0.05, 0) is 19.3 Å². The average Bonchev–Trinajstić information content (AvgIpc) is 2.53. The van der Waals surface area contributed by atoms with Crippen LogP contribution in [0.5, 0.6) is 11.8 Å². The Morgan fingerprint density at radius 2 is 2.19 bits per heavy atom. The summed E-state index contributed by atoms with van der Waals surface area (Å²) < 4.78 is 11.0. The Kier molecular flexibility index (Phi) is 6.22. The number of nitrogens with zero attached hydrogens (tertiary/aromatic N) is 3. The minimum atomic E-state index is -0.0581. The molecule has 0 aliphatic carbocycles. The van der Waals surface area contributed by atoms with E-state index in [2.05, 4.69) is 25.9 Å². The maximum absolute atomic E-state index is 12.1. The van der Waals surface area contributed by atoms with Crippen LogP contribution in [0.25, 0.3) is 0 Å². The third kappa shape index (κ3) is 4.56. The number of rotatable bonds is 6. The number of carbonyl (C=O) groups is 1. The van der Waals surface area contributed by atoms with Crippen molar-refractivity contribution >= 4 is 21.8 Å². The van der Waals surface area contributed by atoms with Crippen molar-refractivity contribution in [2.24, 2.45) is 0 Å². The minimum absolute atomic E-state index is 0.0581. The number of likely N-dealkylation sites (tertiary alicyclic amines) is 1. The zero-order valence-corrected chi connectivity index (χ0v) is 13.7. The van der Waals surface area contributed by atoms with E-state index in [9.17, 15) is 4.79 Å². The molecule has 1 aromatic heterocycles. The van der Waals surface area contributed by atoms with Crippen LogP contribution in [0.2, 0.25) is 0 Å². The lowest BCUT2D eigenvalue weighted by Gasteiger charge is -2.32. The number of carbonyl (C=O) groups excluding carboxylic acids is 1. The highest BCUT2D eigenvalue weighted by Gasteiger charge is 2.25. The van der Waals surface area contributed by atoms with Crippen LogP contribution in [0.1, 0.15) is 25.7 Å². The van der Waals surface area contributed by atoms with Gasteiger partial charge in [0.05, 0.1) is 13.7 Å². The molecule has 1 amide bonds. The molecular weight excluding hydrogens is 338 g/mol. The summed E-state index contributed by atoms with van der Waals surface area (Å²) in [6.45, 7) is 1.40. The van der Waals surface area contributed by atoms with Crippen molar-refractivity contribution in [2.75, 3.05) is 25.5 Å². The number of ether oxygens (including phenoxy) is 2. The summed E-state index contributed by atoms with van der Waals surface area (Å²) in [7, 11) is 1.54. The van der Waals surface area contributed by atoms with Crippen molar-refractivity contribution in [3.63, 3.8) is 0 Å². The number of piperidine rings is 1. The first-order valence-corrected chi connectivity index (χ1v) is 8.22. The van der Waals surface area contributed by atoms with Gasteiger partial charge in [-0.15, -0.1) is 0 Å². The van der Waals surface area contributed by atoms with Gasteiger partial charge >= 0.3 is 0 Å². The van der Waals surface area contributed by atoms with Gasteiger partial charge in [0, 0.05) is 30.7 Å². The SMILES string of the molecule is COc1nccnc1OC1CCCN(C(=O)CCCBr)C1. The average molecular weight is 358 g/mol. The zero-order valence-electron chi connectivity index (χ0n) is 12.1. The third-order valence-electron chi connectivity index (χ3n) is 3.36. The molecule has 21 heavy (non-hydrogen) atoms. The molecule has 0 spiro atoms. The molecule has 1 aliphatic rings. The van der Waals surface area contributed by atoms with Gasteiger partial charge in [-0.25, -0.2) is 9.97 Å². The maximum Gasteiger partial charge on any atom is 0.278 e. The molecule has 1 saturated heterocycles. The van der Waals surface area contributed by atoms with Gasteiger partial charge < -0.3 is 14.4 Å². The Morgan fingerprint density at radius 1 is 1.43 bits per heavy atom. The largest absolute Gasteiger partial charge is 0.477 e. The fraction of sp³-hybridized carbons (Fsp3) is 0.643. The van der Waals surface area contributed by atoms with E-state index in [1.807, 2.05) is 4.90 Å². The first-order chi connectivity index (χ1) is 10.2. The normalized spacial score (nSPS) is 18.4. The van der Waals surface area contributed by atoms with Crippen LogP contribution in [0.3, 0.4) is 0 Å². The van der Waals surface area contributed by atoms with Gasteiger partial charge in [0.25, 0.3) is 11.8 Å². The molecule has 1 unspecified atom stereocenters. The van der Waals surface area contributed by atoms with Crippen molar-refractivity contribution in [3.8, 4) is 11.8 Å². The summed E-state index contributed by atoms with van der Waals surface area (Å²) in [5.41, 5.74) is 0. The fourth-order valence-corrected chi connectivity index (χ4v) is 2.61. The van der Waals surface area contributed by atoms with Gasteiger partial charge in [0.1, 0.15) is 6.10 Å². The predicted octanol–water partition coefficient (Wildman–Crippen LogP) is 2.03. The van der Waals surface area contributed by atoms with E-state index in [1.54, 1.807) is 12.4 Å². The van der Waals surface area contributed by atoms with Crippen molar-refractivity contribution in [2.45, 2.75) is 31.8 Å². The Balaban J connectivity index is 1.93. The quantitative estimate of drug-likeness (QED) is 0.728. The van der Waals surface area contributed by atoms with Crippen LogP contribution in [-0.4, -0.2) is 52.4 Å². The molecule has 1 atom stereocenters. The van der Waals surface area contributed by atoms with Crippen molar-refractivity contribution in [3.05, 3.63) is 12.4 Å². The van der Waals surface area contributed by atoms with Crippen LogP contribution in [0, 0.1) is 0 Å². The van der Waals surface area contributed by atoms with Gasteiger partial charge in [-0.3, -0.25) is 4.79 Å². The molecule has 0 bridgehead atoms. The minimum Gasteiger partial charge on any atom is -0.477 e. The number of aromatic nitrogens is 2. The number of hydrogen-bond acceptors (Lipinski definition) is 5. The Hall–Kier alpha value is -1.37. The van der Waals surface area contributed by atoms with E-state index >= 15 is 0 Å². The van der Waals surface area contributed by atoms with Crippen LogP contribution in [0.4, 0.5) is 0 Å². The second-order valence-electron chi connectivity index (χ2n) is 4.89. The van der Waals surface area contributed by atoms with Gasteiger partial charge in [-0.1, -0.05) is 15.9 Å². The summed E-state index contributed by atoms with van der Waals surface area (Å²) in [6, 6.07) is 0. The Bertz CT molecular complexity index is 473. The summed E-state index contributed by atoms with van der Waals surface area (Å²) in [5, 5.41) is 0.851. The molecule has 1 aliphatic heterocycles. The molecule has 1 aromatic rings. The summed E-state index contributed by atoms with van der Waals surface area (Å²) in [4.78, 5) is 22.2. The van der Waals surface area contributed by atoms with E-state index in [1.165, 1.54) is 7.11 Å². The summed E-state index contributed by atoms with van der Waals surface area (Å²) >= 11 is 3.35. The Morgan fingerprint density at radius 3 is 2.90 bits per heavy atom. The van der Waals surface area contributed by atoms with Crippen LogP contribution in [0.15, 0.2) is 12.4 Å². The Labute approximate surface area is 133 Å². The molecule has 116 valence electrons. The second-order valence-corrected chi connectivity index (χ2v) is 5.68. The molecule has 2 rings (SSSR count). The standard InChI is InChI=1S/C14H20BrN3O3/c1-20-13-14(17-8-7-16-13)21-11-4-3-9-18(10-11)12(19)5-2-6-15/h7-8,11H,2-6,9-10H2,1H3. The molecular formula is C14H20BrN3O3. The summed E-state index contributed by atoms with van der Waals surface area (Å²) in [6.07, 6.45) is 6.35.